The normalized spacial score (nSPS) is 23.9. The summed E-state index contributed by atoms with van der Waals surface area (Å²) in [5, 5.41) is 9.04. The molecule has 0 aromatic carbocycles. The molecule has 1 amide bonds. The first kappa shape index (κ1) is 11.9. The van der Waals surface area contributed by atoms with Crippen molar-refractivity contribution in [2.24, 2.45) is 11.8 Å². The summed E-state index contributed by atoms with van der Waals surface area (Å²) in [5.74, 6) is 1.43. The second-order valence-corrected chi connectivity index (χ2v) is 5.36. The third kappa shape index (κ3) is 2.97. The Morgan fingerprint density at radius 1 is 1.06 bits per heavy atom. The molecule has 0 bridgehead atoms. The van der Waals surface area contributed by atoms with E-state index in [1.54, 1.807) is 0 Å². The second kappa shape index (κ2) is 5.67. The average molecular weight is 225 g/mol. The maximum atomic E-state index is 12.0. The highest BCUT2D eigenvalue weighted by Gasteiger charge is 2.25. The van der Waals surface area contributed by atoms with E-state index in [-0.39, 0.29) is 6.61 Å². The van der Waals surface area contributed by atoms with Gasteiger partial charge in [-0.25, -0.2) is 0 Å². The van der Waals surface area contributed by atoms with Crippen LogP contribution in [0.5, 0.6) is 0 Å². The van der Waals surface area contributed by atoms with Crippen LogP contribution >= 0.6 is 0 Å². The van der Waals surface area contributed by atoms with Gasteiger partial charge in [0.25, 0.3) is 0 Å². The molecule has 3 heteroatoms. The molecule has 0 atom stereocenters. The van der Waals surface area contributed by atoms with E-state index in [0.717, 1.165) is 32.4 Å². The van der Waals surface area contributed by atoms with Crippen molar-refractivity contribution in [2.75, 3.05) is 19.7 Å². The maximum absolute atomic E-state index is 12.0. The molecule has 3 nitrogen and oxygen atoms in total. The Labute approximate surface area is 97.8 Å². The second-order valence-electron chi connectivity index (χ2n) is 5.36. The largest absolute Gasteiger partial charge is 0.396 e. The van der Waals surface area contributed by atoms with Crippen molar-refractivity contribution in [1.82, 2.24) is 4.90 Å². The molecule has 0 aromatic heterocycles. The maximum Gasteiger partial charge on any atom is 0.222 e. The summed E-state index contributed by atoms with van der Waals surface area (Å²) < 4.78 is 0. The fourth-order valence-corrected chi connectivity index (χ4v) is 2.96. The first-order valence-corrected chi connectivity index (χ1v) is 6.68. The van der Waals surface area contributed by atoms with E-state index < -0.39 is 0 Å². The van der Waals surface area contributed by atoms with Gasteiger partial charge in [-0.15, -0.1) is 0 Å². The summed E-state index contributed by atoms with van der Waals surface area (Å²) in [4.78, 5) is 14.0. The first-order chi connectivity index (χ1) is 7.79. The Morgan fingerprint density at radius 2 is 1.69 bits per heavy atom. The summed E-state index contributed by atoms with van der Waals surface area (Å²) in [7, 11) is 0. The molecule has 2 rings (SSSR count). The lowest BCUT2D eigenvalue weighted by Crippen LogP contribution is -2.39. The average Bonchev–Trinajstić information content (AvgIpc) is 2.82. The van der Waals surface area contributed by atoms with Gasteiger partial charge in [-0.1, -0.05) is 12.8 Å². The van der Waals surface area contributed by atoms with E-state index in [9.17, 15) is 4.79 Å². The molecule has 16 heavy (non-hydrogen) atoms. The Bertz CT molecular complexity index is 228. The van der Waals surface area contributed by atoms with Crippen LogP contribution < -0.4 is 0 Å². The summed E-state index contributed by atoms with van der Waals surface area (Å²) >= 11 is 0. The van der Waals surface area contributed by atoms with Crippen LogP contribution in [0.4, 0.5) is 0 Å². The number of piperidine rings is 1. The van der Waals surface area contributed by atoms with E-state index in [2.05, 4.69) is 0 Å². The smallest absolute Gasteiger partial charge is 0.222 e. The Hall–Kier alpha value is -0.570. The Kier molecular flexibility index (Phi) is 4.22. The van der Waals surface area contributed by atoms with Gasteiger partial charge in [0.1, 0.15) is 0 Å². The number of hydrogen-bond acceptors (Lipinski definition) is 2. The Morgan fingerprint density at radius 3 is 2.25 bits per heavy atom. The molecular weight excluding hydrogens is 202 g/mol. The van der Waals surface area contributed by atoms with Crippen molar-refractivity contribution in [2.45, 2.75) is 44.9 Å². The number of likely N-dealkylation sites (tertiary alicyclic amines) is 1. The van der Waals surface area contributed by atoms with Crippen LogP contribution in [0.1, 0.15) is 44.9 Å². The molecule has 0 spiro atoms. The molecule has 2 aliphatic rings. The number of amides is 1. The van der Waals surface area contributed by atoms with E-state index in [1.807, 2.05) is 4.90 Å². The van der Waals surface area contributed by atoms with Crippen LogP contribution in [-0.2, 0) is 4.79 Å². The molecule has 1 saturated carbocycles. The van der Waals surface area contributed by atoms with Crippen molar-refractivity contribution in [1.29, 1.82) is 0 Å². The van der Waals surface area contributed by atoms with Gasteiger partial charge < -0.3 is 10.0 Å². The number of hydrogen-bond donors (Lipinski definition) is 1. The zero-order valence-corrected chi connectivity index (χ0v) is 10.0. The molecule has 0 unspecified atom stereocenters. The van der Waals surface area contributed by atoms with Crippen LogP contribution in [0.2, 0.25) is 0 Å². The number of rotatable bonds is 3. The highest BCUT2D eigenvalue weighted by molar-refractivity contribution is 5.76. The van der Waals surface area contributed by atoms with Gasteiger partial charge >= 0.3 is 0 Å². The predicted molar refractivity (Wildman–Crippen MR) is 63.0 cm³/mol. The quantitative estimate of drug-likeness (QED) is 0.795. The monoisotopic (exact) mass is 225 g/mol. The third-order valence-corrected chi connectivity index (χ3v) is 4.16. The van der Waals surface area contributed by atoms with Crippen molar-refractivity contribution in [3.63, 3.8) is 0 Å². The standard InChI is InChI=1S/C13H23NO2/c15-10-12-5-7-14(8-6-12)13(16)9-11-3-1-2-4-11/h11-12,15H,1-10H2. The summed E-state index contributed by atoms with van der Waals surface area (Å²) in [5.41, 5.74) is 0. The fourth-order valence-electron chi connectivity index (χ4n) is 2.96. The number of carbonyl (C=O) groups is 1. The minimum Gasteiger partial charge on any atom is -0.396 e. The Balaban J connectivity index is 1.73. The minimum absolute atomic E-state index is 0.282. The number of carbonyl (C=O) groups excluding carboxylic acids is 1. The highest BCUT2D eigenvalue weighted by atomic mass is 16.3. The predicted octanol–water partition coefficient (Wildman–Crippen LogP) is 1.80. The molecule has 0 aromatic rings. The molecule has 0 radical (unpaired) electrons. The van der Waals surface area contributed by atoms with Crippen molar-refractivity contribution in [3.05, 3.63) is 0 Å². The lowest BCUT2D eigenvalue weighted by molar-refractivity contribution is -0.133. The van der Waals surface area contributed by atoms with Crippen LogP contribution in [-0.4, -0.2) is 35.6 Å². The number of nitrogens with zero attached hydrogens (tertiary/aromatic N) is 1. The van der Waals surface area contributed by atoms with Gasteiger partial charge in [0.2, 0.25) is 5.91 Å². The molecule has 92 valence electrons. The van der Waals surface area contributed by atoms with Crippen LogP contribution in [0.25, 0.3) is 0 Å². The van der Waals surface area contributed by atoms with Gasteiger partial charge in [0, 0.05) is 26.1 Å². The zero-order valence-electron chi connectivity index (χ0n) is 10.0. The van der Waals surface area contributed by atoms with E-state index in [4.69, 9.17) is 5.11 Å². The van der Waals surface area contributed by atoms with Crippen molar-refractivity contribution < 1.29 is 9.90 Å². The van der Waals surface area contributed by atoms with Crippen LogP contribution in [0, 0.1) is 11.8 Å². The van der Waals surface area contributed by atoms with Gasteiger partial charge in [-0.3, -0.25) is 4.79 Å². The van der Waals surface area contributed by atoms with Crippen molar-refractivity contribution >= 4 is 5.91 Å². The van der Waals surface area contributed by atoms with Crippen LogP contribution in [0.15, 0.2) is 0 Å². The van der Waals surface area contributed by atoms with Crippen LogP contribution in [0.3, 0.4) is 0 Å². The first-order valence-electron chi connectivity index (χ1n) is 6.68. The SMILES string of the molecule is O=C(CC1CCCC1)N1CCC(CO)CC1. The summed E-state index contributed by atoms with van der Waals surface area (Å²) in [6.45, 7) is 2.00. The number of aliphatic hydroxyl groups excluding tert-OH is 1. The van der Waals surface area contributed by atoms with E-state index in [0.29, 0.717) is 17.7 Å². The van der Waals surface area contributed by atoms with Gasteiger partial charge in [-0.2, -0.15) is 0 Å². The van der Waals surface area contributed by atoms with E-state index >= 15 is 0 Å². The summed E-state index contributed by atoms with van der Waals surface area (Å²) in [6, 6.07) is 0. The highest BCUT2D eigenvalue weighted by Crippen LogP contribution is 2.28. The van der Waals surface area contributed by atoms with Gasteiger partial charge in [0.15, 0.2) is 0 Å². The lowest BCUT2D eigenvalue weighted by Gasteiger charge is -2.31. The number of aliphatic hydroxyl groups is 1. The molecule has 1 heterocycles. The molecule has 2 fully saturated rings. The molecule has 1 aliphatic heterocycles. The molecule has 1 N–H and O–H groups in total. The summed E-state index contributed by atoms with van der Waals surface area (Å²) in [6.07, 6.45) is 7.84. The van der Waals surface area contributed by atoms with Gasteiger partial charge in [0.05, 0.1) is 0 Å². The zero-order chi connectivity index (χ0) is 11.4. The topological polar surface area (TPSA) is 40.5 Å². The fraction of sp³-hybridized carbons (Fsp3) is 0.923. The van der Waals surface area contributed by atoms with Crippen molar-refractivity contribution in [3.8, 4) is 0 Å². The molecule has 1 aliphatic carbocycles. The lowest BCUT2D eigenvalue weighted by atomic mass is 9.96. The molecule has 1 saturated heterocycles. The molecular formula is C13H23NO2. The minimum atomic E-state index is 0.282. The van der Waals surface area contributed by atoms with Gasteiger partial charge in [-0.05, 0) is 37.5 Å². The van der Waals surface area contributed by atoms with E-state index in [1.165, 1.54) is 25.7 Å². The third-order valence-electron chi connectivity index (χ3n) is 4.16.